The van der Waals surface area contributed by atoms with Gasteiger partial charge in [0.1, 0.15) is 17.7 Å². The van der Waals surface area contributed by atoms with Gasteiger partial charge in [0.15, 0.2) is 0 Å². The number of nitrogens with zero attached hydrogens (tertiary/aromatic N) is 5. The molecule has 0 spiro atoms. The minimum atomic E-state index is -0.448. The molecule has 1 aliphatic heterocycles. The summed E-state index contributed by atoms with van der Waals surface area (Å²) in [4.78, 5) is 25.9. The number of ether oxygens (including phenoxy) is 3. The first-order chi connectivity index (χ1) is 23.4. The Kier molecular flexibility index (Phi) is 12.5. The molecule has 2 aromatic heterocycles. The van der Waals surface area contributed by atoms with Crippen LogP contribution in [0.3, 0.4) is 0 Å². The van der Waals surface area contributed by atoms with Gasteiger partial charge in [-0.2, -0.15) is 9.97 Å². The highest BCUT2D eigenvalue weighted by Gasteiger charge is 2.27. The van der Waals surface area contributed by atoms with E-state index in [1.165, 1.54) is 6.20 Å². The van der Waals surface area contributed by atoms with Crippen LogP contribution in [0.2, 0.25) is 0 Å². The van der Waals surface area contributed by atoms with Crippen LogP contribution in [0.15, 0.2) is 66.2 Å². The molecule has 1 saturated heterocycles. The van der Waals surface area contributed by atoms with E-state index in [-0.39, 0.29) is 36.3 Å². The molecule has 2 aromatic carbocycles. The summed E-state index contributed by atoms with van der Waals surface area (Å²) in [5.41, 5.74) is 2.98. The van der Waals surface area contributed by atoms with Crippen LogP contribution in [0.4, 0.5) is 11.5 Å². The Balaban J connectivity index is 1.47. The Hall–Kier alpha value is -4.30. The molecule has 0 bridgehead atoms. The van der Waals surface area contributed by atoms with Gasteiger partial charge in [0.05, 0.1) is 38.5 Å². The first-order valence-electron chi connectivity index (χ1n) is 16.2. The number of hydrogen-bond donors (Lipinski definition) is 2. The minimum Gasteiger partial charge on any atom is -0.497 e. The van der Waals surface area contributed by atoms with Crippen LogP contribution in [0.5, 0.6) is 17.5 Å². The summed E-state index contributed by atoms with van der Waals surface area (Å²) in [6, 6.07) is 17.9. The molecule has 0 radical (unpaired) electrons. The highest BCUT2D eigenvalue weighted by Crippen LogP contribution is 2.31. The van der Waals surface area contributed by atoms with Gasteiger partial charge in [0, 0.05) is 37.1 Å². The van der Waals surface area contributed by atoms with E-state index >= 15 is 0 Å². The first kappa shape index (κ1) is 35.0. The molecule has 5 rings (SSSR count). The Labute approximate surface area is 285 Å². The zero-order valence-electron chi connectivity index (χ0n) is 27.7. The zero-order valence-corrected chi connectivity index (χ0v) is 28.5. The van der Waals surface area contributed by atoms with Crippen molar-refractivity contribution >= 4 is 22.8 Å². The van der Waals surface area contributed by atoms with Crippen molar-refractivity contribution in [2.24, 2.45) is 0 Å². The van der Waals surface area contributed by atoms with Crippen molar-refractivity contribution in [1.29, 1.82) is 0 Å². The number of thiophene rings is 1. The number of nitrogens with one attached hydrogen (secondary N) is 1. The maximum atomic E-state index is 12.3. The van der Waals surface area contributed by atoms with Gasteiger partial charge in [-0.3, -0.25) is 20.3 Å². The van der Waals surface area contributed by atoms with Crippen LogP contribution >= 0.6 is 11.3 Å². The van der Waals surface area contributed by atoms with Crippen molar-refractivity contribution in [3.63, 3.8) is 0 Å². The van der Waals surface area contributed by atoms with Crippen LogP contribution in [-0.2, 0) is 19.5 Å². The molecule has 0 amide bonds. The number of methoxy groups -OCH3 is 2. The number of aliphatic hydroxyl groups is 1. The van der Waals surface area contributed by atoms with E-state index in [9.17, 15) is 15.2 Å². The third-order valence-corrected chi connectivity index (χ3v) is 9.36. The lowest BCUT2D eigenvalue weighted by Crippen LogP contribution is -2.38. The molecule has 12 nitrogen and oxygen atoms in total. The van der Waals surface area contributed by atoms with Gasteiger partial charge in [-0.25, -0.2) is 0 Å². The molecule has 3 heterocycles. The monoisotopic (exact) mass is 676 g/mol. The second-order valence-corrected chi connectivity index (χ2v) is 12.8. The van der Waals surface area contributed by atoms with Gasteiger partial charge in [0.2, 0.25) is 5.82 Å². The predicted octanol–water partition coefficient (Wildman–Crippen LogP) is 5.75. The fourth-order valence-corrected chi connectivity index (χ4v) is 6.61. The van der Waals surface area contributed by atoms with Crippen LogP contribution in [-0.4, -0.2) is 71.6 Å². The minimum absolute atomic E-state index is 0.107. The Morgan fingerprint density at radius 3 is 2.50 bits per heavy atom. The lowest BCUT2D eigenvalue weighted by molar-refractivity contribution is -0.384. The fourth-order valence-electron chi connectivity index (χ4n) is 5.67. The topological polar surface area (TPSA) is 135 Å². The second kappa shape index (κ2) is 17.2. The standard InChI is InChI=1S/C35H44N6O6S/c1-4-5-17-47-35-36-20-32(41(43)44)34(38-35)40(21-27-15-18-48-33(27)23-39-16-14-28(42)22-39)24-37-31(26-8-12-30(46-3)13-9-26)19-25-6-10-29(45-2)11-7-25/h6-13,15,18,20,28,31,37,42H,4-5,14,16-17,19,21-24H2,1-3H3. The molecule has 1 aliphatic rings. The van der Waals surface area contributed by atoms with E-state index in [0.717, 1.165) is 58.9 Å². The van der Waals surface area contributed by atoms with E-state index in [0.29, 0.717) is 32.7 Å². The summed E-state index contributed by atoms with van der Waals surface area (Å²) in [5, 5.41) is 28.2. The number of unbranched alkanes of at least 4 members (excludes halogenated alkanes) is 1. The van der Waals surface area contributed by atoms with Gasteiger partial charge in [-0.05, 0) is 71.7 Å². The third-order valence-electron chi connectivity index (χ3n) is 8.41. The fraction of sp³-hybridized carbons (Fsp3) is 0.429. The number of hydrogen-bond acceptors (Lipinski definition) is 12. The molecular weight excluding hydrogens is 632 g/mol. The van der Waals surface area contributed by atoms with Crippen LogP contribution in [0.1, 0.15) is 53.8 Å². The first-order valence-corrected chi connectivity index (χ1v) is 17.1. The van der Waals surface area contributed by atoms with Gasteiger partial charge >= 0.3 is 11.7 Å². The van der Waals surface area contributed by atoms with Crippen LogP contribution < -0.4 is 24.4 Å². The number of rotatable bonds is 18. The number of aliphatic hydroxyl groups excluding tert-OH is 1. The highest BCUT2D eigenvalue weighted by molar-refractivity contribution is 7.10. The number of nitro groups is 1. The third kappa shape index (κ3) is 9.41. The van der Waals surface area contributed by atoms with Crippen molar-refractivity contribution in [1.82, 2.24) is 20.2 Å². The molecule has 0 aliphatic carbocycles. The van der Waals surface area contributed by atoms with E-state index in [2.05, 4.69) is 33.2 Å². The molecule has 2 atom stereocenters. The van der Waals surface area contributed by atoms with E-state index in [1.807, 2.05) is 58.8 Å². The molecule has 0 saturated carbocycles. The van der Waals surface area contributed by atoms with Gasteiger partial charge in [0.25, 0.3) is 0 Å². The maximum Gasteiger partial charge on any atom is 0.329 e. The van der Waals surface area contributed by atoms with Crippen molar-refractivity contribution in [3.8, 4) is 17.5 Å². The van der Waals surface area contributed by atoms with Crippen LogP contribution in [0.25, 0.3) is 0 Å². The lowest BCUT2D eigenvalue weighted by atomic mass is 9.98. The van der Waals surface area contributed by atoms with Crippen molar-refractivity contribution in [3.05, 3.63) is 97.9 Å². The van der Waals surface area contributed by atoms with Crippen molar-refractivity contribution < 1.29 is 24.2 Å². The average molecular weight is 677 g/mol. The number of β-amino-alcohol motifs (C(OH)–C–C–N with tert-alkyl or cyclic N) is 1. The highest BCUT2D eigenvalue weighted by atomic mass is 32.1. The summed E-state index contributed by atoms with van der Waals surface area (Å²) in [6.45, 7) is 5.26. The number of anilines is 1. The van der Waals surface area contributed by atoms with Crippen LogP contribution in [0, 0.1) is 10.1 Å². The Morgan fingerprint density at radius 1 is 1.12 bits per heavy atom. The zero-order chi connectivity index (χ0) is 33.9. The summed E-state index contributed by atoms with van der Waals surface area (Å²) in [6.07, 6.45) is 4.08. The largest absolute Gasteiger partial charge is 0.497 e. The van der Waals surface area contributed by atoms with Gasteiger partial charge < -0.3 is 24.2 Å². The Morgan fingerprint density at radius 2 is 1.85 bits per heavy atom. The molecule has 1 fully saturated rings. The summed E-state index contributed by atoms with van der Waals surface area (Å²) < 4.78 is 16.6. The van der Waals surface area contributed by atoms with Crippen molar-refractivity contribution in [2.75, 3.05) is 45.5 Å². The SMILES string of the molecule is CCCCOc1ncc([N+](=O)[O-])c(N(CNC(Cc2ccc(OC)cc2)c2ccc(OC)cc2)Cc2ccsc2CN2CCC(O)C2)n1. The normalized spacial score (nSPS) is 15.3. The molecule has 2 unspecified atom stereocenters. The maximum absolute atomic E-state index is 12.3. The quantitative estimate of drug-likeness (QED) is 0.0578. The molecule has 256 valence electrons. The number of likely N-dealkylation sites (tertiary alicyclic amines) is 1. The van der Waals surface area contributed by atoms with E-state index in [4.69, 9.17) is 14.2 Å². The predicted molar refractivity (Wildman–Crippen MR) is 186 cm³/mol. The van der Waals surface area contributed by atoms with Crippen molar-refractivity contribution in [2.45, 2.75) is 57.8 Å². The summed E-state index contributed by atoms with van der Waals surface area (Å²) in [7, 11) is 3.28. The summed E-state index contributed by atoms with van der Waals surface area (Å²) >= 11 is 1.65. The van der Waals surface area contributed by atoms with Gasteiger partial charge in [-0.1, -0.05) is 37.6 Å². The molecule has 13 heteroatoms. The van der Waals surface area contributed by atoms with E-state index < -0.39 is 4.92 Å². The molecular formula is C35H44N6O6S. The molecule has 4 aromatic rings. The second-order valence-electron chi connectivity index (χ2n) is 11.8. The molecule has 48 heavy (non-hydrogen) atoms. The number of benzene rings is 2. The lowest BCUT2D eigenvalue weighted by Gasteiger charge is -2.28. The number of aromatic nitrogens is 2. The molecule has 2 N–H and O–H groups in total. The Bertz CT molecular complexity index is 1600. The average Bonchev–Trinajstić information content (AvgIpc) is 3.73. The summed E-state index contributed by atoms with van der Waals surface area (Å²) in [5.74, 6) is 1.72. The van der Waals surface area contributed by atoms with E-state index in [1.54, 1.807) is 25.6 Å². The van der Waals surface area contributed by atoms with Gasteiger partial charge in [-0.15, -0.1) is 11.3 Å². The smallest absolute Gasteiger partial charge is 0.329 e.